The minimum atomic E-state index is -0.134. The van der Waals surface area contributed by atoms with E-state index in [1.165, 1.54) is 11.1 Å². The van der Waals surface area contributed by atoms with Gasteiger partial charge in [-0.1, -0.05) is 12.1 Å². The van der Waals surface area contributed by atoms with E-state index in [0.717, 1.165) is 18.8 Å². The molecular formula is C23H30N2O4. The molecule has 0 aliphatic carbocycles. The van der Waals surface area contributed by atoms with Gasteiger partial charge < -0.3 is 24.4 Å². The zero-order valence-electron chi connectivity index (χ0n) is 17.7. The Morgan fingerprint density at radius 3 is 2.59 bits per heavy atom. The second kappa shape index (κ2) is 9.65. The van der Waals surface area contributed by atoms with Gasteiger partial charge in [-0.25, -0.2) is 0 Å². The molecule has 1 unspecified atom stereocenters. The standard InChI is InChI=1S/C23H30N2O4/c1-5-27-21-10-8-18(14-22(21)28-6-2)23(26)24-15-19(25(3)4)16-7-9-20-17(13-16)11-12-29-20/h7-10,13-14,19H,5-6,11-12,15H2,1-4H3,(H,24,26). The third kappa shape index (κ3) is 5.01. The van der Waals surface area contributed by atoms with Gasteiger partial charge in [0.15, 0.2) is 11.5 Å². The highest BCUT2D eigenvalue weighted by molar-refractivity contribution is 5.94. The van der Waals surface area contributed by atoms with Gasteiger partial charge in [-0.2, -0.15) is 0 Å². The predicted molar refractivity (Wildman–Crippen MR) is 113 cm³/mol. The zero-order chi connectivity index (χ0) is 20.8. The van der Waals surface area contributed by atoms with Crippen LogP contribution in [0.15, 0.2) is 36.4 Å². The molecule has 1 amide bonds. The monoisotopic (exact) mass is 398 g/mol. The number of ether oxygens (including phenoxy) is 3. The molecule has 0 bridgehead atoms. The van der Waals surface area contributed by atoms with Gasteiger partial charge in [-0.3, -0.25) is 4.79 Å². The number of nitrogens with one attached hydrogen (secondary N) is 1. The number of nitrogens with zero attached hydrogens (tertiary/aromatic N) is 1. The highest BCUT2D eigenvalue weighted by atomic mass is 16.5. The minimum Gasteiger partial charge on any atom is -0.493 e. The number of rotatable bonds is 9. The van der Waals surface area contributed by atoms with E-state index < -0.39 is 0 Å². The maximum absolute atomic E-state index is 12.8. The van der Waals surface area contributed by atoms with E-state index in [-0.39, 0.29) is 11.9 Å². The van der Waals surface area contributed by atoms with Crippen molar-refractivity contribution >= 4 is 5.91 Å². The fraction of sp³-hybridized carbons (Fsp3) is 0.435. The topological polar surface area (TPSA) is 60.0 Å². The predicted octanol–water partition coefficient (Wildman–Crippen LogP) is 3.45. The van der Waals surface area contributed by atoms with Crippen LogP contribution in [-0.2, 0) is 6.42 Å². The van der Waals surface area contributed by atoms with Crippen molar-refractivity contribution in [1.82, 2.24) is 10.2 Å². The third-order valence-corrected chi connectivity index (χ3v) is 4.98. The molecule has 1 aliphatic heterocycles. The van der Waals surface area contributed by atoms with Crippen molar-refractivity contribution in [3.05, 3.63) is 53.1 Å². The van der Waals surface area contributed by atoms with Crippen LogP contribution in [0.1, 0.15) is 41.4 Å². The smallest absolute Gasteiger partial charge is 0.251 e. The number of hydrogen-bond donors (Lipinski definition) is 1. The SMILES string of the molecule is CCOc1ccc(C(=O)NCC(c2ccc3c(c2)CCO3)N(C)C)cc1OCC. The van der Waals surface area contributed by atoms with Gasteiger partial charge in [-0.15, -0.1) is 0 Å². The number of fused-ring (bicyclic) bond motifs is 1. The second-order valence-electron chi connectivity index (χ2n) is 7.18. The molecule has 0 spiro atoms. The zero-order valence-corrected chi connectivity index (χ0v) is 17.7. The summed E-state index contributed by atoms with van der Waals surface area (Å²) in [5.41, 5.74) is 2.95. The van der Waals surface area contributed by atoms with Gasteiger partial charge in [0, 0.05) is 18.5 Å². The van der Waals surface area contributed by atoms with Crippen LogP contribution in [0.3, 0.4) is 0 Å². The van der Waals surface area contributed by atoms with Crippen LogP contribution < -0.4 is 19.5 Å². The first-order chi connectivity index (χ1) is 14.0. The maximum atomic E-state index is 12.8. The number of carbonyl (C=O) groups excluding carboxylic acids is 1. The van der Waals surface area contributed by atoms with Crippen molar-refractivity contribution in [3.63, 3.8) is 0 Å². The van der Waals surface area contributed by atoms with Crippen LogP contribution in [0.4, 0.5) is 0 Å². The van der Waals surface area contributed by atoms with E-state index in [4.69, 9.17) is 14.2 Å². The lowest BCUT2D eigenvalue weighted by molar-refractivity contribution is 0.0941. The van der Waals surface area contributed by atoms with E-state index >= 15 is 0 Å². The molecule has 0 saturated carbocycles. The Bertz CT molecular complexity index is 851. The molecular weight excluding hydrogens is 368 g/mol. The Labute approximate surface area is 172 Å². The van der Waals surface area contributed by atoms with Gasteiger partial charge in [0.25, 0.3) is 5.91 Å². The van der Waals surface area contributed by atoms with E-state index in [0.29, 0.717) is 36.8 Å². The normalized spacial score (nSPS) is 13.6. The van der Waals surface area contributed by atoms with Crippen LogP contribution in [0.5, 0.6) is 17.2 Å². The van der Waals surface area contributed by atoms with Crippen LogP contribution in [0, 0.1) is 0 Å². The number of amides is 1. The number of hydrogen-bond acceptors (Lipinski definition) is 5. The summed E-state index contributed by atoms with van der Waals surface area (Å²) in [6.45, 7) is 6.12. The largest absolute Gasteiger partial charge is 0.493 e. The van der Waals surface area contributed by atoms with Gasteiger partial charge in [0.1, 0.15) is 5.75 Å². The molecule has 1 N–H and O–H groups in total. The van der Waals surface area contributed by atoms with E-state index in [2.05, 4.69) is 22.3 Å². The first-order valence-electron chi connectivity index (χ1n) is 10.1. The van der Waals surface area contributed by atoms with Crippen LogP contribution in [-0.4, -0.2) is 51.3 Å². The molecule has 2 aromatic rings. The van der Waals surface area contributed by atoms with Crippen LogP contribution in [0.25, 0.3) is 0 Å². The van der Waals surface area contributed by atoms with Crippen molar-refractivity contribution in [1.29, 1.82) is 0 Å². The Morgan fingerprint density at radius 1 is 1.10 bits per heavy atom. The van der Waals surface area contributed by atoms with E-state index in [1.807, 2.05) is 34.0 Å². The molecule has 1 heterocycles. The molecule has 6 nitrogen and oxygen atoms in total. The van der Waals surface area contributed by atoms with E-state index in [1.54, 1.807) is 18.2 Å². The highest BCUT2D eigenvalue weighted by Gasteiger charge is 2.20. The van der Waals surface area contributed by atoms with Crippen molar-refractivity contribution in [2.45, 2.75) is 26.3 Å². The molecule has 2 aromatic carbocycles. The van der Waals surface area contributed by atoms with Crippen molar-refractivity contribution in [2.75, 3.05) is 40.5 Å². The Morgan fingerprint density at radius 2 is 1.86 bits per heavy atom. The van der Waals surface area contributed by atoms with Gasteiger partial charge >= 0.3 is 0 Å². The molecule has 156 valence electrons. The fourth-order valence-electron chi connectivity index (χ4n) is 3.50. The summed E-state index contributed by atoms with van der Waals surface area (Å²) in [5, 5.41) is 3.06. The molecule has 1 atom stereocenters. The first kappa shape index (κ1) is 21.0. The minimum absolute atomic E-state index is 0.0684. The summed E-state index contributed by atoms with van der Waals surface area (Å²) < 4.78 is 16.8. The van der Waals surface area contributed by atoms with Gasteiger partial charge in [0.05, 0.1) is 25.9 Å². The Hall–Kier alpha value is -2.73. The maximum Gasteiger partial charge on any atom is 0.251 e. The number of likely N-dealkylation sites (N-methyl/N-ethyl adjacent to an activating group) is 1. The Balaban J connectivity index is 1.71. The third-order valence-electron chi connectivity index (χ3n) is 4.98. The number of carbonyl (C=O) groups is 1. The molecule has 0 radical (unpaired) electrons. The molecule has 0 aromatic heterocycles. The highest BCUT2D eigenvalue weighted by Crippen LogP contribution is 2.30. The summed E-state index contributed by atoms with van der Waals surface area (Å²) in [6.07, 6.45) is 0.933. The molecule has 3 rings (SSSR count). The fourth-order valence-corrected chi connectivity index (χ4v) is 3.50. The lowest BCUT2D eigenvalue weighted by atomic mass is 10.0. The summed E-state index contributed by atoms with van der Waals surface area (Å²) in [6, 6.07) is 11.6. The average Bonchev–Trinajstić information content (AvgIpc) is 3.17. The molecule has 29 heavy (non-hydrogen) atoms. The van der Waals surface area contributed by atoms with Gasteiger partial charge in [-0.05, 0) is 63.3 Å². The molecule has 6 heteroatoms. The van der Waals surface area contributed by atoms with Crippen LogP contribution in [0.2, 0.25) is 0 Å². The quantitative estimate of drug-likeness (QED) is 0.701. The average molecular weight is 399 g/mol. The van der Waals surface area contributed by atoms with Crippen molar-refractivity contribution in [2.24, 2.45) is 0 Å². The summed E-state index contributed by atoms with van der Waals surface area (Å²) in [5.74, 6) is 2.07. The number of benzene rings is 2. The first-order valence-corrected chi connectivity index (χ1v) is 10.1. The van der Waals surface area contributed by atoms with Crippen molar-refractivity contribution < 1.29 is 19.0 Å². The van der Waals surface area contributed by atoms with Gasteiger partial charge in [0.2, 0.25) is 0 Å². The summed E-state index contributed by atoms with van der Waals surface area (Å²) in [4.78, 5) is 14.9. The summed E-state index contributed by atoms with van der Waals surface area (Å²) >= 11 is 0. The molecule has 0 saturated heterocycles. The second-order valence-corrected chi connectivity index (χ2v) is 7.18. The summed E-state index contributed by atoms with van der Waals surface area (Å²) in [7, 11) is 4.04. The lowest BCUT2D eigenvalue weighted by Gasteiger charge is -2.25. The lowest BCUT2D eigenvalue weighted by Crippen LogP contribution is -2.34. The molecule has 1 aliphatic rings. The van der Waals surface area contributed by atoms with Crippen LogP contribution >= 0.6 is 0 Å². The Kier molecular flexibility index (Phi) is 6.99. The molecule has 0 fully saturated rings. The van der Waals surface area contributed by atoms with E-state index in [9.17, 15) is 4.79 Å². The van der Waals surface area contributed by atoms with Crippen molar-refractivity contribution in [3.8, 4) is 17.2 Å².